The lowest BCUT2D eigenvalue weighted by atomic mass is 9.96. The summed E-state index contributed by atoms with van der Waals surface area (Å²) in [6.07, 6.45) is 2.33. The van der Waals surface area contributed by atoms with E-state index in [4.69, 9.17) is 10.6 Å². The van der Waals surface area contributed by atoms with Gasteiger partial charge in [-0.25, -0.2) is 5.84 Å². The fraction of sp³-hybridized carbons (Fsp3) is 0.909. The van der Waals surface area contributed by atoms with E-state index in [2.05, 4.69) is 15.6 Å². The van der Waals surface area contributed by atoms with Crippen LogP contribution in [0.25, 0.3) is 0 Å². The molecule has 6 nitrogen and oxygen atoms in total. The highest BCUT2D eigenvalue weighted by atomic mass is 16.5. The number of hydrazine groups is 1. The van der Waals surface area contributed by atoms with Gasteiger partial charge in [-0.15, -0.1) is 0 Å². The van der Waals surface area contributed by atoms with E-state index in [1.165, 1.54) is 6.42 Å². The number of nitrogens with one attached hydrogen (secondary N) is 2. The minimum absolute atomic E-state index is 0.169. The Labute approximate surface area is 103 Å². The fourth-order valence-electron chi connectivity index (χ4n) is 2.44. The van der Waals surface area contributed by atoms with Gasteiger partial charge in [0.25, 0.3) is 5.91 Å². The lowest BCUT2D eigenvalue weighted by molar-refractivity contribution is -0.129. The molecule has 1 rings (SSSR count). The molecule has 2 atom stereocenters. The zero-order valence-corrected chi connectivity index (χ0v) is 10.7. The molecule has 0 spiro atoms. The first-order valence-corrected chi connectivity index (χ1v) is 6.11. The zero-order valence-electron chi connectivity index (χ0n) is 10.7. The first-order chi connectivity index (χ1) is 8.22. The van der Waals surface area contributed by atoms with Crippen molar-refractivity contribution in [2.45, 2.75) is 18.9 Å². The number of nitrogens with zero attached hydrogens (tertiary/aromatic N) is 1. The minimum Gasteiger partial charge on any atom is -0.383 e. The number of carbonyl (C=O) groups excluding carboxylic acids is 1. The molecule has 0 aromatic heterocycles. The Balaban J connectivity index is 2.56. The standard InChI is InChI=1S/C11H24N4O2/c1-13-6-9-4-3-5-15(7-9)10(8-17-2)11(16)14-12/h9-10,13H,3-8,12H2,1-2H3,(H,14,16). The number of hydrogen-bond donors (Lipinski definition) is 3. The molecule has 0 radical (unpaired) electrons. The topological polar surface area (TPSA) is 79.6 Å². The summed E-state index contributed by atoms with van der Waals surface area (Å²) in [4.78, 5) is 13.9. The number of likely N-dealkylation sites (tertiary alicyclic amines) is 1. The summed E-state index contributed by atoms with van der Waals surface area (Å²) >= 11 is 0. The third-order valence-corrected chi connectivity index (χ3v) is 3.25. The van der Waals surface area contributed by atoms with E-state index in [0.717, 1.165) is 26.1 Å². The lowest BCUT2D eigenvalue weighted by Gasteiger charge is -2.37. The monoisotopic (exact) mass is 244 g/mol. The number of rotatable bonds is 6. The number of carbonyl (C=O) groups is 1. The molecule has 1 amide bonds. The number of piperidine rings is 1. The van der Waals surface area contributed by atoms with E-state index in [-0.39, 0.29) is 11.9 Å². The smallest absolute Gasteiger partial charge is 0.253 e. The molecule has 2 unspecified atom stereocenters. The molecule has 6 heteroatoms. The average Bonchev–Trinajstić information content (AvgIpc) is 2.36. The van der Waals surface area contributed by atoms with Crippen LogP contribution in [0.4, 0.5) is 0 Å². The van der Waals surface area contributed by atoms with Gasteiger partial charge in [0.2, 0.25) is 0 Å². The molecule has 0 aromatic carbocycles. The molecule has 1 saturated heterocycles. The van der Waals surface area contributed by atoms with Crippen molar-refractivity contribution in [3.63, 3.8) is 0 Å². The van der Waals surface area contributed by atoms with Crippen LogP contribution in [0.15, 0.2) is 0 Å². The highest BCUT2D eigenvalue weighted by Gasteiger charge is 2.29. The number of hydrogen-bond acceptors (Lipinski definition) is 5. The summed E-state index contributed by atoms with van der Waals surface area (Å²) in [7, 11) is 3.56. The summed E-state index contributed by atoms with van der Waals surface area (Å²) in [6.45, 7) is 3.22. The highest BCUT2D eigenvalue weighted by Crippen LogP contribution is 2.18. The Morgan fingerprint density at radius 2 is 2.41 bits per heavy atom. The van der Waals surface area contributed by atoms with Gasteiger partial charge in [-0.05, 0) is 38.9 Å². The van der Waals surface area contributed by atoms with Gasteiger partial charge < -0.3 is 10.1 Å². The molecule has 0 saturated carbocycles. The fourth-order valence-corrected chi connectivity index (χ4v) is 2.44. The summed E-state index contributed by atoms with van der Waals surface area (Å²) in [5.74, 6) is 5.64. The van der Waals surface area contributed by atoms with Crippen molar-refractivity contribution >= 4 is 5.91 Å². The van der Waals surface area contributed by atoms with Crippen molar-refractivity contribution in [1.82, 2.24) is 15.6 Å². The van der Waals surface area contributed by atoms with Crippen LogP contribution in [-0.2, 0) is 9.53 Å². The quantitative estimate of drug-likeness (QED) is 0.315. The van der Waals surface area contributed by atoms with Gasteiger partial charge in [0.15, 0.2) is 0 Å². The van der Waals surface area contributed by atoms with Gasteiger partial charge in [0, 0.05) is 13.7 Å². The molecule has 1 aliphatic rings. The Bertz CT molecular complexity index is 236. The zero-order chi connectivity index (χ0) is 12.7. The number of ether oxygens (including phenoxy) is 1. The highest BCUT2D eigenvalue weighted by molar-refractivity contribution is 5.81. The molecule has 4 N–H and O–H groups in total. The SMILES string of the molecule is CNCC1CCCN(C(COC)C(=O)NN)C1. The van der Waals surface area contributed by atoms with Crippen LogP contribution in [0.3, 0.4) is 0 Å². The van der Waals surface area contributed by atoms with Crippen LogP contribution in [0.5, 0.6) is 0 Å². The largest absolute Gasteiger partial charge is 0.383 e. The predicted octanol–water partition coefficient (Wildman–Crippen LogP) is -1.08. The molecule has 0 aliphatic carbocycles. The molecule has 1 aliphatic heterocycles. The first-order valence-electron chi connectivity index (χ1n) is 6.11. The Morgan fingerprint density at radius 3 is 3.00 bits per heavy atom. The third kappa shape index (κ3) is 4.23. The van der Waals surface area contributed by atoms with E-state index in [1.807, 2.05) is 7.05 Å². The van der Waals surface area contributed by atoms with Gasteiger partial charge in [0.05, 0.1) is 6.61 Å². The Kier molecular flexibility index (Phi) is 6.43. The van der Waals surface area contributed by atoms with Crippen molar-refractivity contribution in [1.29, 1.82) is 0 Å². The number of nitrogens with two attached hydrogens (primary N) is 1. The molecule has 0 bridgehead atoms. The van der Waals surface area contributed by atoms with Crippen LogP contribution in [0.1, 0.15) is 12.8 Å². The molecule has 17 heavy (non-hydrogen) atoms. The van der Waals surface area contributed by atoms with Gasteiger partial charge in [-0.1, -0.05) is 0 Å². The summed E-state index contributed by atoms with van der Waals surface area (Å²) in [6, 6.07) is -0.273. The molecular formula is C11H24N4O2. The first kappa shape index (κ1) is 14.4. The van der Waals surface area contributed by atoms with E-state index >= 15 is 0 Å². The minimum atomic E-state index is -0.273. The second-order valence-corrected chi connectivity index (χ2v) is 4.54. The van der Waals surface area contributed by atoms with E-state index in [9.17, 15) is 4.79 Å². The van der Waals surface area contributed by atoms with Crippen LogP contribution < -0.4 is 16.6 Å². The van der Waals surface area contributed by atoms with Crippen molar-refractivity contribution in [2.24, 2.45) is 11.8 Å². The van der Waals surface area contributed by atoms with Crippen molar-refractivity contribution in [3.8, 4) is 0 Å². The second-order valence-electron chi connectivity index (χ2n) is 4.54. The molecule has 100 valence electrons. The van der Waals surface area contributed by atoms with Gasteiger partial charge in [-0.2, -0.15) is 0 Å². The van der Waals surface area contributed by atoms with Crippen LogP contribution >= 0.6 is 0 Å². The molecule has 0 aromatic rings. The molecule has 1 fully saturated rings. The van der Waals surface area contributed by atoms with Crippen LogP contribution in [0.2, 0.25) is 0 Å². The van der Waals surface area contributed by atoms with Crippen molar-refractivity contribution in [3.05, 3.63) is 0 Å². The average molecular weight is 244 g/mol. The van der Waals surface area contributed by atoms with Gasteiger partial charge >= 0.3 is 0 Å². The summed E-state index contributed by atoms with van der Waals surface area (Å²) < 4.78 is 5.10. The Hall–Kier alpha value is -0.690. The van der Waals surface area contributed by atoms with Crippen LogP contribution in [-0.4, -0.2) is 57.2 Å². The molecular weight excluding hydrogens is 220 g/mol. The summed E-state index contributed by atoms with van der Waals surface area (Å²) in [5, 5.41) is 3.19. The van der Waals surface area contributed by atoms with E-state index in [1.54, 1.807) is 7.11 Å². The number of amides is 1. The predicted molar refractivity (Wildman–Crippen MR) is 66.2 cm³/mol. The van der Waals surface area contributed by atoms with E-state index in [0.29, 0.717) is 12.5 Å². The maximum atomic E-state index is 11.7. The molecule has 1 heterocycles. The van der Waals surface area contributed by atoms with Crippen molar-refractivity contribution < 1.29 is 9.53 Å². The normalized spacial score (nSPS) is 23.4. The second kappa shape index (κ2) is 7.60. The number of methoxy groups -OCH3 is 1. The van der Waals surface area contributed by atoms with Gasteiger partial charge in [-0.3, -0.25) is 15.1 Å². The lowest BCUT2D eigenvalue weighted by Crippen LogP contribution is -2.54. The van der Waals surface area contributed by atoms with E-state index < -0.39 is 0 Å². The summed E-state index contributed by atoms with van der Waals surface area (Å²) in [5.41, 5.74) is 2.22. The maximum absolute atomic E-state index is 11.7. The van der Waals surface area contributed by atoms with Crippen LogP contribution in [0, 0.1) is 5.92 Å². The van der Waals surface area contributed by atoms with Gasteiger partial charge in [0.1, 0.15) is 6.04 Å². The maximum Gasteiger partial charge on any atom is 0.253 e. The third-order valence-electron chi connectivity index (χ3n) is 3.25. The van der Waals surface area contributed by atoms with Crippen molar-refractivity contribution in [2.75, 3.05) is 40.4 Å². The Morgan fingerprint density at radius 1 is 1.65 bits per heavy atom.